The molecule has 3 nitrogen and oxygen atoms in total. The summed E-state index contributed by atoms with van der Waals surface area (Å²) in [5, 5.41) is 0.0889. The third-order valence-electron chi connectivity index (χ3n) is 6.87. The summed E-state index contributed by atoms with van der Waals surface area (Å²) >= 11 is 0. The normalized spacial score (nSPS) is 39.0. The Kier molecular flexibility index (Phi) is 4.08. The van der Waals surface area contributed by atoms with E-state index in [1.54, 1.807) is 6.08 Å². The van der Waals surface area contributed by atoms with Gasteiger partial charge in [-0.2, -0.15) is 0 Å². The quantitative estimate of drug-likeness (QED) is 0.557. The number of allylic oxidation sites excluding steroid dienone is 4. The van der Waals surface area contributed by atoms with Crippen molar-refractivity contribution in [2.45, 2.75) is 58.9 Å². The molecular formula is C20H30O3Si. The van der Waals surface area contributed by atoms with Crippen molar-refractivity contribution >= 4 is 19.9 Å². The molecule has 0 aromatic carbocycles. The molecule has 1 fully saturated rings. The van der Waals surface area contributed by atoms with E-state index in [-0.39, 0.29) is 52.3 Å². The van der Waals surface area contributed by atoms with Crippen LogP contribution in [0.2, 0.25) is 18.1 Å². The summed E-state index contributed by atoms with van der Waals surface area (Å²) in [7, 11) is -2.01. The number of hydrogen-bond donors (Lipinski definition) is 0. The van der Waals surface area contributed by atoms with Crippen LogP contribution in [0, 0.1) is 29.6 Å². The van der Waals surface area contributed by atoms with E-state index in [0.717, 1.165) is 5.57 Å². The molecule has 0 unspecified atom stereocenters. The van der Waals surface area contributed by atoms with E-state index in [0.29, 0.717) is 0 Å². The van der Waals surface area contributed by atoms with Crippen LogP contribution in [0.4, 0.5) is 0 Å². The SMILES string of the molecule is CC1=C[C@@H]2C(=O)[C@H](C)[C@@H](O[Si](C)(C)C(C)(C)C)[C@@H]2[C@H]2C(=O)C=C[C@H]12. The fourth-order valence-corrected chi connectivity index (χ4v) is 5.77. The highest BCUT2D eigenvalue weighted by molar-refractivity contribution is 6.74. The van der Waals surface area contributed by atoms with E-state index in [1.165, 1.54) is 0 Å². The molecule has 6 atom stereocenters. The van der Waals surface area contributed by atoms with Crippen LogP contribution in [0.25, 0.3) is 0 Å². The Hall–Kier alpha value is -1.00. The summed E-state index contributed by atoms with van der Waals surface area (Å²) in [6, 6.07) is 0. The molecule has 24 heavy (non-hydrogen) atoms. The van der Waals surface area contributed by atoms with Gasteiger partial charge in [0.05, 0.1) is 6.10 Å². The Balaban J connectivity index is 1.99. The highest BCUT2D eigenvalue weighted by atomic mass is 28.4. The standard InChI is InChI=1S/C20H30O3Si/c1-11-10-14-17(16-13(11)8-9-15(16)21)19(12(2)18(14)22)23-24(6,7)20(3,4)5/h8-10,12-14,16-17,19H,1-7H3/t12-,13+,14-,16+,17-,19+/m0/s1. The van der Waals surface area contributed by atoms with Gasteiger partial charge in [-0.15, -0.1) is 0 Å². The lowest BCUT2D eigenvalue weighted by atomic mass is 9.69. The van der Waals surface area contributed by atoms with Gasteiger partial charge in [0, 0.05) is 29.6 Å². The number of ketones is 2. The number of carbonyl (C=O) groups is 2. The molecule has 132 valence electrons. The molecule has 0 spiro atoms. The number of hydrogen-bond acceptors (Lipinski definition) is 3. The van der Waals surface area contributed by atoms with Crippen molar-refractivity contribution < 1.29 is 14.0 Å². The molecule has 0 N–H and O–H groups in total. The lowest BCUT2D eigenvalue weighted by Crippen LogP contribution is -2.49. The van der Waals surface area contributed by atoms with Crippen molar-refractivity contribution in [2.75, 3.05) is 0 Å². The fourth-order valence-electron chi connectivity index (χ4n) is 4.38. The molecule has 3 aliphatic rings. The Bertz CT molecular complexity index is 638. The summed E-state index contributed by atoms with van der Waals surface area (Å²) in [6.07, 6.45) is 5.71. The topological polar surface area (TPSA) is 43.4 Å². The van der Waals surface area contributed by atoms with Crippen LogP contribution >= 0.6 is 0 Å². The third-order valence-corrected chi connectivity index (χ3v) is 11.3. The molecule has 0 radical (unpaired) electrons. The lowest BCUT2D eigenvalue weighted by Gasteiger charge is -2.43. The molecule has 0 amide bonds. The smallest absolute Gasteiger partial charge is 0.192 e. The molecule has 0 aliphatic heterocycles. The van der Waals surface area contributed by atoms with Gasteiger partial charge in [-0.1, -0.05) is 45.4 Å². The number of carbonyl (C=O) groups excluding carboxylic acids is 2. The van der Waals surface area contributed by atoms with Crippen LogP contribution in [-0.2, 0) is 14.0 Å². The number of Topliss-reactive ketones (excluding diaryl/α,β-unsaturated/α-hetero) is 1. The van der Waals surface area contributed by atoms with Crippen LogP contribution in [0.5, 0.6) is 0 Å². The highest BCUT2D eigenvalue weighted by Crippen LogP contribution is 2.52. The van der Waals surface area contributed by atoms with Crippen LogP contribution < -0.4 is 0 Å². The molecule has 3 aliphatic carbocycles. The highest BCUT2D eigenvalue weighted by Gasteiger charge is 2.58. The van der Waals surface area contributed by atoms with Gasteiger partial charge < -0.3 is 4.43 Å². The summed E-state index contributed by atoms with van der Waals surface area (Å²) < 4.78 is 6.72. The molecular weight excluding hydrogens is 316 g/mol. The molecule has 0 aromatic rings. The van der Waals surface area contributed by atoms with Crippen molar-refractivity contribution in [3.8, 4) is 0 Å². The van der Waals surface area contributed by atoms with E-state index in [4.69, 9.17) is 4.43 Å². The van der Waals surface area contributed by atoms with Gasteiger partial charge in [0.15, 0.2) is 14.1 Å². The summed E-state index contributed by atoms with van der Waals surface area (Å²) in [5.74, 6) is 0.184. The molecule has 3 rings (SSSR count). The van der Waals surface area contributed by atoms with Crippen molar-refractivity contribution in [1.29, 1.82) is 0 Å². The van der Waals surface area contributed by atoms with Gasteiger partial charge in [0.2, 0.25) is 0 Å². The van der Waals surface area contributed by atoms with Crippen LogP contribution in [0.15, 0.2) is 23.8 Å². The molecule has 1 saturated carbocycles. The predicted octanol–water partition coefficient (Wildman–Crippen LogP) is 4.16. The minimum Gasteiger partial charge on any atom is -0.413 e. The zero-order valence-electron chi connectivity index (χ0n) is 15.9. The van der Waals surface area contributed by atoms with Gasteiger partial charge in [-0.05, 0) is 31.1 Å². The molecule has 0 bridgehead atoms. The van der Waals surface area contributed by atoms with Gasteiger partial charge in [-0.3, -0.25) is 9.59 Å². The monoisotopic (exact) mass is 346 g/mol. The second-order valence-electron chi connectivity index (χ2n) is 9.36. The van der Waals surface area contributed by atoms with E-state index in [9.17, 15) is 9.59 Å². The zero-order valence-corrected chi connectivity index (χ0v) is 16.9. The van der Waals surface area contributed by atoms with Crippen molar-refractivity contribution in [3.63, 3.8) is 0 Å². The number of rotatable bonds is 2. The molecule has 0 aromatic heterocycles. The average molecular weight is 347 g/mol. The Morgan fingerprint density at radius 1 is 1.12 bits per heavy atom. The fraction of sp³-hybridized carbons (Fsp3) is 0.700. The molecule has 0 saturated heterocycles. The average Bonchev–Trinajstić information content (AvgIpc) is 2.93. The van der Waals surface area contributed by atoms with E-state index in [2.05, 4.69) is 46.9 Å². The first-order valence-corrected chi connectivity index (χ1v) is 12.0. The van der Waals surface area contributed by atoms with Crippen molar-refractivity contribution in [3.05, 3.63) is 23.8 Å². The van der Waals surface area contributed by atoms with Crippen LogP contribution in [0.1, 0.15) is 34.6 Å². The minimum atomic E-state index is -2.01. The Morgan fingerprint density at radius 2 is 1.75 bits per heavy atom. The van der Waals surface area contributed by atoms with Crippen LogP contribution in [-0.4, -0.2) is 26.0 Å². The largest absolute Gasteiger partial charge is 0.413 e. The second-order valence-corrected chi connectivity index (χ2v) is 14.1. The van der Waals surface area contributed by atoms with Crippen molar-refractivity contribution in [2.24, 2.45) is 29.6 Å². The first-order chi connectivity index (χ1) is 11.0. The summed E-state index contributed by atoms with van der Waals surface area (Å²) in [4.78, 5) is 25.4. The maximum absolute atomic E-state index is 12.9. The minimum absolute atomic E-state index is 0.00201. The molecule has 0 heterocycles. The maximum atomic E-state index is 12.9. The Morgan fingerprint density at radius 3 is 2.33 bits per heavy atom. The summed E-state index contributed by atoms with van der Waals surface area (Å²) in [6.45, 7) is 15.2. The maximum Gasteiger partial charge on any atom is 0.192 e. The summed E-state index contributed by atoms with van der Waals surface area (Å²) in [5.41, 5.74) is 1.16. The molecule has 4 heteroatoms. The zero-order chi connectivity index (χ0) is 18.0. The second kappa shape index (κ2) is 5.50. The predicted molar refractivity (Wildman–Crippen MR) is 98.1 cm³/mol. The first-order valence-electron chi connectivity index (χ1n) is 9.07. The van der Waals surface area contributed by atoms with Gasteiger partial charge in [0.1, 0.15) is 5.78 Å². The Labute approximate surface area is 146 Å². The van der Waals surface area contributed by atoms with E-state index < -0.39 is 8.32 Å². The van der Waals surface area contributed by atoms with E-state index >= 15 is 0 Å². The van der Waals surface area contributed by atoms with Gasteiger partial charge >= 0.3 is 0 Å². The van der Waals surface area contributed by atoms with Crippen molar-refractivity contribution in [1.82, 2.24) is 0 Å². The van der Waals surface area contributed by atoms with Gasteiger partial charge in [0.25, 0.3) is 0 Å². The van der Waals surface area contributed by atoms with Gasteiger partial charge in [-0.25, -0.2) is 0 Å². The first kappa shape index (κ1) is 17.8. The van der Waals surface area contributed by atoms with E-state index in [1.807, 2.05) is 13.0 Å². The van der Waals surface area contributed by atoms with Crippen LogP contribution in [0.3, 0.4) is 0 Å². The lowest BCUT2D eigenvalue weighted by molar-refractivity contribution is -0.124. The number of fused-ring (bicyclic) bond motifs is 3. The third kappa shape index (κ3) is 2.50.